The highest BCUT2D eigenvalue weighted by atomic mass is 32.2. The predicted octanol–water partition coefficient (Wildman–Crippen LogP) is 2.98. The molecule has 0 saturated carbocycles. The number of Topliss-reactive ketones (excluding diaryl/α,β-unsaturated/α-hetero) is 1. The molecule has 0 fully saturated rings. The third kappa shape index (κ3) is 7.72. The van der Waals surface area contributed by atoms with Gasteiger partial charge in [-0.05, 0) is 37.1 Å². The summed E-state index contributed by atoms with van der Waals surface area (Å²) in [7, 11) is -3.66. The fourth-order valence-corrected chi connectivity index (χ4v) is 3.44. The van der Waals surface area contributed by atoms with Gasteiger partial charge < -0.3 is 10.2 Å². The molecular formula is C22H26FN3O6S. The number of aromatic nitrogens is 2. The molecule has 0 radical (unpaired) electrons. The van der Waals surface area contributed by atoms with Crippen molar-refractivity contribution in [2.45, 2.75) is 45.6 Å². The monoisotopic (exact) mass is 479 g/mol. The second-order valence-corrected chi connectivity index (χ2v) is 9.61. The number of rotatable bonds is 11. The Morgan fingerprint density at radius 2 is 1.82 bits per heavy atom. The molecule has 1 unspecified atom stereocenters. The topological polar surface area (TPSA) is 147 Å². The number of aliphatic carboxylic acids is 1. The van der Waals surface area contributed by atoms with Crippen molar-refractivity contribution >= 4 is 33.8 Å². The van der Waals surface area contributed by atoms with Crippen molar-refractivity contribution in [3.8, 4) is 11.3 Å². The Morgan fingerprint density at radius 1 is 1.18 bits per heavy atom. The molecule has 0 spiro atoms. The maximum atomic E-state index is 13.5. The Kier molecular flexibility index (Phi) is 8.77. The molecule has 1 heterocycles. The number of anilines is 1. The van der Waals surface area contributed by atoms with E-state index in [-0.39, 0.29) is 24.0 Å². The van der Waals surface area contributed by atoms with E-state index in [0.717, 1.165) is 0 Å². The summed E-state index contributed by atoms with van der Waals surface area (Å²) >= 11 is 0. The van der Waals surface area contributed by atoms with Crippen molar-refractivity contribution in [2.24, 2.45) is 0 Å². The van der Waals surface area contributed by atoms with E-state index in [9.17, 15) is 27.5 Å². The first kappa shape index (κ1) is 26.1. The Morgan fingerprint density at radius 3 is 2.36 bits per heavy atom. The smallest absolute Gasteiger partial charge is 0.310 e. The number of carbonyl (C=O) groups is 2. The van der Waals surface area contributed by atoms with Gasteiger partial charge >= 0.3 is 5.97 Å². The molecule has 2 rings (SSSR count). The lowest BCUT2D eigenvalue weighted by molar-refractivity contribution is -0.140. The average Bonchev–Trinajstić information content (AvgIpc) is 2.71. The van der Waals surface area contributed by atoms with E-state index in [2.05, 4.69) is 14.7 Å². The highest BCUT2D eigenvalue weighted by molar-refractivity contribution is 7.92. The first-order valence-corrected chi connectivity index (χ1v) is 11.8. The highest BCUT2D eigenvalue weighted by Crippen LogP contribution is 2.31. The maximum Gasteiger partial charge on any atom is 0.310 e. The number of sulfonamides is 1. The lowest BCUT2D eigenvalue weighted by Gasteiger charge is -2.16. The molecule has 1 aromatic carbocycles. The predicted molar refractivity (Wildman–Crippen MR) is 122 cm³/mol. The number of halogens is 1. The van der Waals surface area contributed by atoms with Gasteiger partial charge in [0.15, 0.2) is 0 Å². The summed E-state index contributed by atoms with van der Waals surface area (Å²) in [5, 5.41) is 18.9. The third-order valence-corrected chi connectivity index (χ3v) is 5.79. The maximum absolute atomic E-state index is 13.5. The number of carboxylic acids is 1. The Balaban J connectivity index is 2.57. The van der Waals surface area contributed by atoms with Crippen LogP contribution in [0.1, 0.15) is 50.8 Å². The fourth-order valence-electron chi connectivity index (χ4n) is 2.93. The Labute approximate surface area is 191 Å². The van der Waals surface area contributed by atoms with Gasteiger partial charge in [0.05, 0.1) is 23.2 Å². The number of aliphatic hydroxyl groups is 1. The molecule has 33 heavy (non-hydrogen) atoms. The summed E-state index contributed by atoms with van der Waals surface area (Å²) in [6.07, 6.45) is 0.466. The van der Waals surface area contributed by atoms with Crippen molar-refractivity contribution in [1.82, 2.24) is 9.97 Å². The van der Waals surface area contributed by atoms with Crippen LogP contribution in [0.15, 0.2) is 30.3 Å². The molecule has 2 aromatic rings. The van der Waals surface area contributed by atoms with Gasteiger partial charge in [-0.2, -0.15) is 0 Å². The van der Waals surface area contributed by atoms with Crippen LogP contribution in [0, 0.1) is 5.82 Å². The Bertz CT molecular complexity index is 1150. The van der Waals surface area contributed by atoms with Gasteiger partial charge in [-0.1, -0.05) is 26.0 Å². The SMILES string of the molecule is CCS(=O)(=O)Nc1nc(-c2ccc(F)cc2)c(/C=C/C(O)CC(=O)CC(=O)O)c(C(C)C)n1. The molecule has 0 bridgehead atoms. The number of carbonyl (C=O) groups excluding carboxylic acids is 1. The fraction of sp³-hybridized carbons (Fsp3) is 0.364. The van der Waals surface area contributed by atoms with E-state index in [1.54, 1.807) is 0 Å². The van der Waals surface area contributed by atoms with Crippen LogP contribution in [-0.4, -0.2) is 52.2 Å². The van der Waals surface area contributed by atoms with Gasteiger partial charge in [0.2, 0.25) is 16.0 Å². The lowest BCUT2D eigenvalue weighted by atomic mass is 9.97. The molecule has 178 valence electrons. The number of hydrogen-bond acceptors (Lipinski definition) is 7. The summed E-state index contributed by atoms with van der Waals surface area (Å²) in [6.45, 7) is 5.13. The van der Waals surface area contributed by atoms with Gasteiger partial charge in [0.1, 0.15) is 18.0 Å². The zero-order chi connectivity index (χ0) is 24.8. The van der Waals surface area contributed by atoms with Crippen LogP contribution in [0.2, 0.25) is 0 Å². The van der Waals surface area contributed by atoms with Gasteiger partial charge in [-0.25, -0.2) is 22.8 Å². The van der Waals surface area contributed by atoms with Crippen LogP contribution >= 0.6 is 0 Å². The second-order valence-electron chi connectivity index (χ2n) is 7.60. The van der Waals surface area contributed by atoms with E-state index in [1.807, 2.05) is 13.8 Å². The van der Waals surface area contributed by atoms with Crippen LogP contribution in [0.25, 0.3) is 17.3 Å². The van der Waals surface area contributed by atoms with Crippen molar-refractivity contribution < 1.29 is 32.6 Å². The molecule has 0 amide bonds. The number of nitrogens with one attached hydrogen (secondary N) is 1. The molecule has 0 aliphatic heterocycles. The van der Waals surface area contributed by atoms with E-state index < -0.39 is 40.1 Å². The van der Waals surface area contributed by atoms with Crippen LogP contribution < -0.4 is 4.72 Å². The molecule has 0 saturated heterocycles. The summed E-state index contributed by atoms with van der Waals surface area (Å²) in [4.78, 5) is 31.0. The Hall–Kier alpha value is -3.18. The third-order valence-electron chi connectivity index (χ3n) is 4.54. The minimum absolute atomic E-state index is 0.144. The van der Waals surface area contributed by atoms with Crippen molar-refractivity contribution in [3.05, 3.63) is 47.4 Å². The van der Waals surface area contributed by atoms with Crippen LogP contribution in [-0.2, 0) is 19.6 Å². The standard InChI is InChI=1S/C22H26FN3O6S/c1-4-33(31,32)26-22-24-20(13(2)3)18(10-9-16(27)11-17(28)12-19(29)30)21(25-22)14-5-7-15(23)8-6-14/h5-10,13,16,27H,4,11-12H2,1-3H3,(H,29,30)(H,24,25,26)/b10-9+. The van der Waals surface area contributed by atoms with Crippen molar-refractivity contribution in [2.75, 3.05) is 10.5 Å². The minimum atomic E-state index is -3.66. The number of benzene rings is 1. The van der Waals surface area contributed by atoms with Crippen molar-refractivity contribution in [3.63, 3.8) is 0 Å². The van der Waals surface area contributed by atoms with E-state index in [4.69, 9.17) is 5.11 Å². The van der Waals surface area contributed by atoms with Crippen LogP contribution in [0.3, 0.4) is 0 Å². The largest absolute Gasteiger partial charge is 0.481 e. The molecule has 0 aliphatic rings. The van der Waals surface area contributed by atoms with E-state index in [1.165, 1.54) is 43.3 Å². The normalized spacial score (nSPS) is 12.8. The van der Waals surface area contributed by atoms with Gasteiger partial charge in [-0.15, -0.1) is 0 Å². The number of carboxylic acid groups (broad SMARTS) is 1. The zero-order valence-electron chi connectivity index (χ0n) is 18.4. The molecule has 11 heteroatoms. The van der Waals surface area contributed by atoms with Gasteiger partial charge in [-0.3, -0.25) is 14.3 Å². The average molecular weight is 480 g/mol. The number of nitrogens with zero attached hydrogens (tertiary/aromatic N) is 2. The highest BCUT2D eigenvalue weighted by Gasteiger charge is 2.20. The molecule has 1 aromatic heterocycles. The van der Waals surface area contributed by atoms with Crippen LogP contribution in [0.4, 0.5) is 10.3 Å². The summed E-state index contributed by atoms with van der Waals surface area (Å²) in [6, 6.07) is 5.42. The van der Waals surface area contributed by atoms with Crippen LogP contribution in [0.5, 0.6) is 0 Å². The van der Waals surface area contributed by atoms with Gasteiger partial charge in [0, 0.05) is 17.5 Å². The molecular weight excluding hydrogens is 453 g/mol. The van der Waals surface area contributed by atoms with Gasteiger partial charge in [0.25, 0.3) is 0 Å². The minimum Gasteiger partial charge on any atom is -0.481 e. The lowest BCUT2D eigenvalue weighted by Crippen LogP contribution is -2.18. The summed E-state index contributed by atoms with van der Waals surface area (Å²) in [5.41, 5.74) is 1.68. The van der Waals surface area contributed by atoms with E-state index >= 15 is 0 Å². The molecule has 1 atom stereocenters. The van der Waals surface area contributed by atoms with E-state index in [0.29, 0.717) is 22.5 Å². The first-order valence-electron chi connectivity index (χ1n) is 10.2. The number of hydrogen-bond donors (Lipinski definition) is 3. The first-order chi connectivity index (χ1) is 15.4. The summed E-state index contributed by atoms with van der Waals surface area (Å²) in [5.74, 6) is -2.90. The zero-order valence-corrected chi connectivity index (χ0v) is 19.3. The number of aliphatic hydroxyl groups excluding tert-OH is 1. The second kappa shape index (κ2) is 11.1. The summed E-state index contributed by atoms with van der Waals surface area (Å²) < 4.78 is 39.9. The molecule has 0 aliphatic carbocycles. The quantitative estimate of drug-likeness (QED) is 0.417. The molecule has 3 N–H and O–H groups in total. The number of ketones is 1. The van der Waals surface area contributed by atoms with Crippen molar-refractivity contribution in [1.29, 1.82) is 0 Å². The molecule has 9 nitrogen and oxygen atoms in total.